The first kappa shape index (κ1) is 11.4. The molecule has 0 amide bonds. The van der Waals surface area contributed by atoms with Crippen molar-refractivity contribution in [3.63, 3.8) is 0 Å². The summed E-state index contributed by atoms with van der Waals surface area (Å²) in [6.45, 7) is 6.18. The Bertz CT molecular complexity index is 195. The summed E-state index contributed by atoms with van der Waals surface area (Å²) in [7, 11) is 4.53. The first-order valence-corrected chi connectivity index (χ1v) is 6.35. The van der Waals surface area contributed by atoms with Crippen molar-refractivity contribution in [2.45, 2.75) is 25.3 Å². The van der Waals surface area contributed by atoms with E-state index in [1.165, 1.54) is 45.4 Å². The summed E-state index contributed by atoms with van der Waals surface area (Å²) in [4.78, 5) is 5.02. The molecule has 0 aromatic carbocycles. The fraction of sp³-hybridized carbons (Fsp3) is 1.00. The van der Waals surface area contributed by atoms with Crippen LogP contribution in [0.15, 0.2) is 0 Å². The molecule has 0 radical (unpaired) electrons. The molecule has 1 N–H and O–H groups in total. The van der Waals surface area contributed by atoms with Crippen molar-refractivity contribution < 1.29 is 0 Å². The van der Waals surface area contributed by atoms with Crippen LogP contribution in [0.5, 0.6) is 0 Å². The number of hydrogen-bond donors (Lipinski definition) is 1. The molecule has 0 aromatic rings. The maximum absolute atomic E-state index is 3.51. The number of likely N-dealkylation sites (N-methyl/N-ethyl adjacent to an activating group) is 1. The van der Waals surface area contributed by atoms with Crippen LogP contribution in [0.3, 0.4) is 0 Å². The third kappa shape index (κ3) is 3.16. The van der Waals surface area contributed by atoms with Gasteiger partial charge < -0.3 is 15.1 Å². The minimum absolute atomic E-state index is 0.773. The van der Waals surface area contributed by atoms with Crippen LogP contribution in [0.1, 0.15) is 19.3 Å². The fourth-order valence-electron chi connectivity index (χ4n) is 2.98. The molecule has 2 atom stereocenters. The van der Waals surface area contributed by atoms with E-state index in [-0.39, 0.29) is 0 Å². The number of likely N-dealkylation sites (tertiary alicyclic amines) is 1. The first-order valence-electron chi connectivity index (χ1n) is 6.35. The second kappa shape index (κ2) is 5.28. The molecule has 0 spiro atoms. The van der Waals surface area contributed by atoms with E-state index in [2.05, 4.69) is 29.2 Å². The minimum Gasteiger partial charge on any atom is -0.314 e. The van der Waals surface area contributed by atoms with Crippen LogP contribution in [0.4, 0.5) is 0 Å². The van der Waals surface area contributed by atoms with Crippen molar-refractivity contribution in [1.29, 1.82) is 0 Å². The summed E-state index contributed by atoms with van der Waals surface area (Å²) >= 11 is 0. The lowest BCUT2D eigenvalue weighted by atomic mass is 9.90. The number of nitrogens with zero attached hydrogens (tertiary/aromatic N) is 2. The fourth-order valence-corrected chi connectivity index (χ4v) is 2.98. The Balaban J connectivity index is 1.79. The molecule has 3 heteroatoms. The maximum atomic E-state index is 3.51. The molecule has 15 heavy (non-hydrogen) atoms. The molecule has 0 saturated carbocycles. The van der Waals surface area contributed by atoms with E-state index in [1.54, 1.807) is 0 Å². The van der Waals surface area contributed by atoms with Gasteiger partial charge in [-0.2, -0.15) is 0 Å². The van der Waals surface area contributed by atoms with Gasteiger partial charge in [0.2, 0.25) is 0 Å². The van der Waals surface area contributed by atoms with E-state index >= 15 is 0 Å². The zero-order chi connectivity index (χ0) is 10.7. The molecule has 2 unspecified atom stereocenters. The molecule has 2 fully saturated rings. The highest BCUT2D eigenvalue weighted by Crippen LogP contribution is 2.22. The monoisotopic (exact) mass is 211 g/mol. The Morgan fingerprint density at radius 2 is 2.13 bits per heavy atom. The zero-order valence-corrected chi connectivity index (χ0v) is 10.2. The van der Waals surface area contributed by atoms with Gasteiger partial charge in [0.25, 0.3) is 0 Å². The molecule has 2 rings (SSSR count). The standard InChI is InChI=1S/C12H25N3/c1-14-6-3-4-11(10-14)8-12-9-13-5-7-15(12)2/h11-13H,3-10H2,1-2H3. The largest absolute Gasteiger partial charge is 0.314 e. The number of rotatable bonds is 2. The molecule has 2 saturated heterocycles. The third-order valence-corrected chi connectivity index (χ3v) is 3.97. The predicted molar refractivity (Wildman–Crippen MR) is 64.1 cm³/mol. The van der Waals surface area contributed by atoms with E-state index in [0.717, 1.165) is 18.5 Å². The van der Waals surface area contributed by atoms with Crippen LogP contribution in [-0.2, 0) is 0 Å². The third-order valence-electron chi connectivity index (χ3n) is 3.97. The number of hydrogen-bond acceptors (Lipinski definition) is 3. The molecule has 0 bridgehead atoms. The summed E-state index contributed by atoms with van der Waals surface area (Å²) in [5.41, 5.74) is 0. The van der Waals surface area contributed by atoms with Gasteiger partial charge in [-0.1, -0.05) is 0 Å². The summed E-state index contributed by atoms with van der Waals surface area (Å²) in [6, 6.07) is 0.773. The number of piperazine rings is 1. The van der Waals surface area contributed by atoms with Crippen LogP contribution in [0.2, 0.25) is 0 Å². The van der Waals surface area contributed by atoms with Gasteiger partial charge in [0.1, 0.15) is 0 Å². The van der Waals surface area contributed by atoms with Crippen LogP contribution in [0, 0.1) is 5.92 Å². The Labute approximate surface area is 93.8 Å². The number of piperidine rings is 1. The first-order chi connectivity index (χ1) is 7.25. The molecule has 2 aliphatic rings. The molecule has 3 nitrogen and oxygen atoms in total. The van der Waals surface area contributed by atoms with E-state index in [1.807, 2.05) is 0 Å². The second-order valence-corrected chi connectivity index (χ2v) is 5.34. The number of nitrogens with one attached hydrogen (secondary N) is 1. The SMILES string of the molecule is CN1CCCC(CC2CNCCN2C)C1. The highest BCUT2D eigenvalue weighted by atomic mass is 15.2. The van der Waals surface area contributed by atoms with E-state index in [0.29, 0.717) is 0 Å². The van der Waals surface area contributed by atoms with Crippen LogP contribution in [0.25, 0.3) is 0 Å². The Morgan fingerprint density at radius 3 is 2.87 bits per heavy atom. The maximum Gasteiger partial charge on any atom is 0.0221 e. The van der Waals surface area contributed by atoms with E-state index in [4.69, 9.17) is 0 Å². The lowest BCUT2D eigenvalue weighted by Crippen LogP contribution is -2.50. The van der Waals surface area contributed by atoms with Crippen molar-refractivity contribution in [1.82, 2.24) is 15.1 Å². The summed E-state index contributed by atoms with van der Waals surface area (Å²) in [5.74, 6) is 0.927. The van der Waals surface area contributed by atoms with Crippen molar-refractivity contribution in [3.8, 4) is 0 Å². The van der Waals surface area contributed by atoms with Gasteiger partial charge in [-0.05, 0) is 45.8 Å². The quantitative estimate of drug-likeness (QED) is 0.722. The van der Waals surface area contributed by atoms with Crippen LogP contribution >= 0.6 is 0 Å². The summed E-state index contributed by atoms with van der Waals surface area (Å²) in [6.07, 6.45) is 4.22. The average Bonchev–Trinajstić information content (AvgIpc) is 2.22. The summed E-state index contributed by atoms with van der Waals surface area (Å²) < 4.78 is 0. The topological polar surface area (TPSA) is 18.5 Å². The smallest absolute Gasteiger partial charge is 0.0221 e. The molecule has 2 aliphatic heterocycles. The van der Waals surface area contributed by atoms with Crippen molar-refractivity contribution in [3.05, 3.63) is 0 Å². The molecular formula is C12H25N3. The van der Waals surface area contributed by atoms with Gasteiger partial charge in [-0.25, -0.2) is 0 Å². The molecular weight excluding hydrogens is 186 g/mol. The Morgan fingerprint density at radius 1 is 1.27 bits per heavy atom. The van der Waals surface area contributed by atoms with E-state index < -0.39 is 0 Å². The van der Waals surface area contributed by atoms with Crippen LogP contribution < -0.4 is 5.32 Å². The molecule has 0 aliphatic carbocycles. The van der Waals surface area contributed by atoms with Gasteiger partial charge in [0.15, 0.2) is 0 Å². The normalized spacial score (nSPS) is 35.6. The predicted octanol–water partition coefficient (Wildman–Crippen LogP) is 0.622. The van der Waals surface area contributed by atoms with Crippen molar-refractivity contribution >= 4 is 0 Å². The van der Waals surface area contributed by atoms with Crippen molar-refractivity contribution in [2.75, 3.05) is 46.8 Å². The lowest BCUT2D eigenvalue weighted by molar-refractivity contribution is 0.132. The highest BCUT2D eigenvalue weighted by molar-refractivity contribution is 4.82. The summed E-state index contributed by atoms with van der Waals surface area (Å²) in [5, 5.41) is 3.51. The molecule has 2 heterocycles. The molecule has 88 valence electrons. The molecule has 0 aromatic heterocycles. The van der Waals surface area contributed by atoms with Gasteiger partial charge in [-0.3, -0.25) is 0 Å². The lowest BCUT2D eigenvalue weighted by Gasteiger charge is -2.38. The minimum atomic E-state index is 0.773. The second-order valence-electron chi connectivity index (χ2n) is 5.34. The zero-order valence-electron chi connectivity index (χ0n) is 10.2. The van der Waals surface area contributed by atoms with E-state index in [9.17, 15) is 0 Å². The Kier molecular flexibility index (Phi) is 4.00. The van der Waals surface area contributed by atoms with Crippen molar-refractivity contribution in [2.24, 2.45) is 5.92 Å². The van der Waals surface area contributed by atoms with Gasteiger partial charge in [0.05, 0.1) is 0 Å². The van der Waals surface area contributed by atoms with Gasteiger partial charge >= 0.3 is 0 Å². The van der Waals surface area contributed by atoms with Gasteiger partial charge in [0, 0.05) is 32.2 Å². The van der Waals surface area contributed by atoms with Gasteiger partial charge in [-0.15, -0.1) is 0 Å². The Hall–Kier alpha value is -0.120. The van der Waals surface area contributed by atoms with Crippen LogP contribution in [-0.4, -0.2) is 62.7 Å². The average molecular weight is 211 g/mol. The highest BCUT2D eigenvalue weighted by Gasteiger charge is 2.24.